The molecule has 96 valence electrons. The van der Waals surface area contributed by atoms with Gasteiger partial charge in [0.25, 0.3) is 10.0 Å². The van der Waals surface area contributed by atoms with Crippen LogP contribution in [0.25, 0.3) is 0 Å². The molecule has 1 aliphatic heterocycles. The molecule has 0 spiro atoms. The lowest BCUT2D eigenvalue weighted by atomic mass is 10.1. The lowest BCUT2D eigenvalue weighted by Gasteiger charge is -2.21. The minimum absolute atomic E-state index is 0.151. The Morgan fingerprint density at radius 3 is 2.88 bits per heavy atom. The Hall–Kier alpha value is -0.530. The van der Waals surface area contributed by atoms with Crippen LogP contribution in [0.1, 0.15) is 20.3 Å². The first-order valence-electron chi connectivity index (χ1n) is 5.55. The fourth-order valence-corrected chi connectivity index (χ4v) is 4.33. The minimum Gasteiger partial charge on any atom is -0.266 e. The predicted octanol–water partition coefficient (Wildman–Crippen LogP) is 1.32. The lowest BCUT2D eigenvalue weighted by Crippen LogP contribution is -2.33. The summed E-state index contributed by atoms with van der Waals surface area (Å²) in [6.07, 6.45) is 2.33. The molecule has 2 heterocycles. The largest absolute Gasteiger partial charge is 0.266 e. The normalized spacial score (nSPS) is 22.2. The number of H-pyrrole nitrogens is 1. The fraction of sp³-hybridized carbons (Fsp3) is 0.700. The summed E-state index contributed by atoms with van der Waals surface area (Å²) in [5.74, 6) is 0.834. The van der Waals surface area contributed by atoms with Crippen molar-refractivity contribution < 1.29 is 8.42 Å². The number of hydrogen-bond donors (Lipinski definition) is 1. The third-order valence-electron chi connectivity index (χ3n) is 2.89. The Kier molecular flexibility index (Phi) is 3.51. The van der Waals surface area contributed by atoms with Crippen molar-refractivity contribution in [3.63, 3.8) is 0 Å². The predicted molar refractivity (Wildman–Crippen MR) is 68.5 cm³/mol. The summed E-state index contributed by atoms with van der Waals surface area (Å²) in [7, 11) is -3.39. The Balaban J connectivity index is 2.18. The number of aromatic amines is 1. The second kappa shape index (κ2) is 4.62. The molecule has 1 aromatic heterocycles. The molecule has 17 heavy (non-hydrogen) atoms. The SMILES string of the molecule is CC1(C)CCN(S(=O)(=O)c2ccn[nH]2)CCS1. The smallest absolute Gasteiger partial charge is 0.259 e. The number of rotatable bonds is 2. The maximum Gasteiger partial charge on any atom is 0.259 e. The molecule has 0 radical (unpaired) electrons. The summed E-state index contributed by atoms with van der Waals surface area (Å²) < 4.78 is 26.2. The summed E-state index contributed by atoms with van der Waals surface area (Å²) in [6, 6.07) is 1.50. The van der Waals surface area contributed by atoms with E-state index in [2.05, 4.69) is 24.0 Å². The van der Waals surface area contributed by atoms with E-state index in [4.69, 9.17) is 0 Å². The van der Waals surface area contributed by atoms with Crippen molar-refractivity contribution >= 4 is 21.8 Å². The quantitative estimate of drug-likeness (QED) is 0.884. The van der Waals surface area contributed by atoms with Gasteiger partial charge in [-0.15, -0.1) is 0 Å². The first-order chi connectivity index (χ1) is 7.92. The summed E-state index contributed by atoms with van der Waals surface area (Å²) >= 11 is 1.83. The third-order valence-corrected chi connectivity index (χ3v) is 6.09. The number of thioether (sulfide) groups is 1. The molecule has 0 atom stereocenters. The zero-order valence-electron chi connectivity index (χ0n) is 10.0. The second-order valence-corrected chi connectivity index (χ2v) is 8.39. The van der Waals surface area contributed by atoms with E-state index in [1.807, 2.05) is 11.8 Å². The van der Waals surface area contributed by atoms with Gasteiger partial charge in [0, 0.05) is 23.6 Å². The van der Waals surface area contributed by atoms with Crippen LogP contribution in [0.5, 0.6) is 0 Å². The first-order valence-corrected chi connectivity index (χ1v) is 7.98. The monoisotopic (exact) mass is 275 g/mol. The van der Waals surface area contributed by atoms with Crippen LogP contribution >= 0.6 is 11.8 Å². The van der Waals surface area contributed by atoms with Crippen LogP contribution in [-0.4, -0.2) is 46.5 Å². The van der Waals surface area contributed by atoms with Crippen molar-refractivity contribution in [2.24, 2.45) is 0 Å². The zero-order chi connectivity index (χ0) is 12.5. The van der Waals surface area contributed by atoms with Crippen LogP contribution in [0.3, 0.4) is 0 Å². The Bertz CT molecular complexity index is 468. The third kappa shape index (κ3) is 2.83. The van der Waals surface area contributed by atoms with Gasteiger partial charge in [-0.3, -0.25) is 5.10 Å². The Labute approximate surface area is 106 Å². The molecule has 0 bridgehead atoms. The van der Waals surface area contributed by atoms with Gasteiger partial charge in [-0.2, -0.15) is 21.2 Å². The van der Waals surface area contributed by atoms with Crippen LogP contribution in [0.2, 0.25) is 0 Å². The molecule has 1 aliphatic rings. The van der Waals surface area contributed by atoms with Crippen molar-refractivity contribution in [2.45, 2.75) is 30.0 Å². The molecule has 7 heteroatoms. The lowest BCUT2D eigenvalue weighted by molar-refractivity contribution is 0.413. The molecule has 2 rings (SSSR count). The van der Waals surface area contributed by atoms with Crippen LogP contribution in [0.4, 0.5) is 0 Å². The van der Waals surface area contributed by atoms with Crippen molar-refractivity contribution in [1.29, 1.82) is 0 Å². The van der Waals surface area contributed by atoms with Gasteiger partial charge >= 0.3 is 0 Å². The highest BCUT2D eigenvalue weighted by Gasteiger charge is 2.31. The van der Waals surface area contributed by atoms with Crippen molar-refractivity contribution in [1.82, 2.24) is 14.5 Å². The molecular formula is C10H17N3O2S2. The molecule has 0 amide bonds. The van der Waals surface area contributed by atoms with Gasteiger partial charge in [0.05, 0.1) is 6.20 Å². The van der Waals surface area contributed by atoms with E-state index < -0.39 is 10.0 Å². The first kappa shape index (κ1) is 12.9. The van der Waals surface area contributed by atoms with E-state index in [1.54, 1.807) is 4.31 Å². The van der Waals surface area contributed by atoms with Gasteiger partial charge in [-0.05, 0) is 12.5 Å². The van der Waals surface area contributed by atoms with Gasteiger partial charge in [0.1, 0.15) is 0 Å². The number of sulfonamides is 1. The van der Waals surface area contributed by atoms with Crippen molar-refractivity contribution in [3.05, 3.63) is 12.3 Å². The molecule has 1 fully saturated rings. The highest BCUT2D eigenvalue weighted by Crippen LogP contribution is 2.32. The molecule has 0 aromatic carbocycles. The minimum atomic E-state index is -3.39. The number of hydrogen-bond acceptors (Lipinski definition) is 4. The summed E-state index contributed by atoms with van der Waals surface area (Å²) in [5, 5.41) is 6.41. The maximum absolute atomic E-state index is 12.3. The van der Waals surface area contributed by atoms with Gasteiger partial charge in [-0.1, -0.05) is 13.8 Å². The molecule has 0 saturated carbocycles. The van der Waals surface area contributed by atoms with E-state index in [9.17, 15) is 8.42 Å². The summed E-state index contributed by atoms with van der Waals surface area (Å²) in [4.78, 5) is 0. The van der Waals surface area contributed by atoms with Gasteiger partial charge in [0.15, 0.2) is 5.03 Å². The number of nitrogens with zero attached hydrogens (tertiary/aromatic N) is 2. The molecular weight excluding hydrogens is 258 g/mol. The highest BCUT2D eigenvalue weighted by molar-refractivity contribution is 8.00. The fourth-order valence-electron chi connectivity index (χ4n) is 1.77. The van der Waals surface area contributed by atoms with Crippen molar-refractivity contribution in [3.8, 4) is 0 Å². The molecule has 0 unspecified atom stereocenters. The number of aromatic nitrogens is 2. The Morgan fingerprint density at radius 1 is 1.47 bits per heavy atom. The molecule has 1 N–H and O–H groups in total. The Morgan fingerprint density at radius 2 is 2.24 bits per heavy atom. The molecule has 5 nitrogen and oxygen atoms in total. The van der Waals surface area contributed by atoms with Crippen LogP contribution in [-0.2, 0) is 10.0 Å². The van der Waals surface area contributed by atoms with Crippen LogP contribution in [0.15, 0.2) is 17.3 Å². The number of nitrogens with one attached hydrogen (secondary N) is 1. The zero-order valence-corrected chi connectivity index (χ0v) is 11.6. The van der Waals surface area contributed by atoms with E-state index in [0.717, 1.165) is 12.2 Å². The van der Waals surface area contributed by atoms with Crippen LogP contribution < -0.4 is 0 Å². The van der Waals surface area contributed by atoms with Crippen LogP contribution in [0, 0.1) is 0 Å². The van der Waals surface area contributed by atoms with Gasteiger partial charge in [-0.25, -0.2) is 8.42 Å². The average Bonchev–Trinajstić information content (AvgIpc) is 2.70. The summed E-state index contributed by atoms with van der Waals surface area (Å²) in [6.45, 7) is 5.45. The average molecular weight is 275 g/mol. The highest BCUT2D eigenvalue weighted by atomic mass is 32.2. The van der Waals surface area contributed by atoms with E-state index in [0.29, 0.717) is 13.1 Å². The molecule has 1 aromatic rings. The van der Waals surface area contributed by atoms with E-state index in [-0.39, 0.29) is 9.77 Å². The standard InChI is InChI=1S/C10H17N3O2S2/c1-10(2)4-6-13(7-8-16-10)17(14,15)9-3-5-11-12-9/h3,5H,4,6-8H2,1-2H3,(H,11,12). The molecule has 1 saturated heterocycles. The maximum atomic E-state index is 12.3. The topological polar surface area (TPSA) is 66.1 Å². The van der Waals surface area contributed by atoms with Gasteiger partial charge in [0.2, 0.25) is 0 Å². The van der Waals surface area contributed by atoms with E-state index >= 15 is 0 Å². The second-order valence-electron chi connectivity index (χ2n) is 4.68. The van der Waals surface area contributed by atoms with Gasteiger partial charge < -0.3 is 0 Å². The van der Waals surface area contributed by atoms with E-state index in [1.165, 1.54) is 12.3 Å². The van der Waals surface area contributed by atoms with Crippen molar-refractivity contribution in [2.75, 3.05) is 18.8 Å². The molecule has 0 aliphatic carbocycles. The summed E-state index contributed by atoms with van der Waals surface area (Å²) in [5.41, 5.74) is 0.